The Balaban J connectivity index is 1.66. The normalized spacial score (nSPS) is 22.8. The van der Waals surface area contributed by atoms with E-state index in [1.165, 1.54) is 0 Å². The van der Waals surface area contributed by atoms with E-state index < -0.39 is 0 Å². The minimum atomic E-state index is -0.0347. The molecule has 1 atom stereocenters. The highest BCUT2D eigenvalue weighted by Gasteiger charge is 2.28. The van der Waals surface area contributed by atoms with Crippen LogP contribution in [0.3, 0.4) is 0 Å². The Morgan fingerprint density at radius 2 is 1.96 bits per heavy atom. The summed E-state index contributed by atoms with van der Waals surface area (Å²) in [7, 11) is 0. The maximum Gasteiger partial charge on any atom is 0.215 e. The van der Waals surface area contributed by atoms with Crippen LogP contribution in [-0.2, 0) is 22.6 Å². The average molecular weight is 383 g/mol. The van der Waals surface area contributed by atoms with E-state index in [0.717, 1.165) is 60.1 Å². The molecule has 148 valence electrons. The van der Waals surface area contributed by atoms with Gasteiger partial charge in [0.25, 0.3) is 0 Å². The highest BCUT2D eigenvalue weighted by molar-refractivity contribution is 6.02. The molecule has 3 aliphatic heterocycles. The summed E-state index contributed by atoms with van der Waals surface area (Å²) in [6.07, 6.45) is 0.801. The minimum Gasteiger partial charge on any atom is -0.378 e. The quantitative estimate of drug-likeness (QED) is 0.850. The number of nitrogens with two attached hydrogens (primary N) is 1. The van der Waals surface area contributed by atoms with Crippen LogP contribution < -0.4 is 10.6 Å². The largest absolute Gasteiger partial charge is 0.378 e. The molecule has 5 heterocycles. The number of hydrogen-bond acceptors (Lipinski definition) is 8. The van der Waals surface area contributed by atoms with Crippen LogP contribution in [0.2, 0.25) is 0 Å². The average Bonchev–Trinajstić information content (AvgIpc) is 3.12. The van der Waals surface area contributed by atoms with Crippen LogP contribution in [0.25, 0.3) is 11.0 Å². The molecule has 5 rings (SSSR count). The van der Waals surface area contributed by atoms with Crippen LogP contribution in [0, 0.1) is 0 Å². The second kappa shape index (κ2) is 7.14. The Morgan fingerprint density at radius 3 is 2.79 bits per heavy atom. The molecule has 1 unspecified atom stereocenters. The third-order valence-electron chi connectivity index (χ3n) is 5.63. The van der Waals surface area contributed by atoms with Gasteiger partial charge >= 0.3 is 0 Å². The van der Waals surface area contributed by atoms with Crippen molar-refractivity contribution < 1.29 is 9.47 Å². The monoisotopic (exact) mass is 383 g/mol. The zero-order valence-electron chi connectivity index (χ0n) is 16.1. The molecular formula is C19H25N7O2. The van der Waals surface area contributed by atoms with E-state index in [9.17, 15) is 0 Å². The fourth-order valence-electron chi connectivity index (χ4n) is 4.16. The molecular weight excluding hydrogens is 358 g/mol. The van der Waals surface area contributed by atoms with Crippen LogP contribution >= 0.6 is 0 Å². The van der Waals surface area contributed by atoms with Gasteiger partial charge in [-0.25, -0.2) is 15.0 Å². The van der Waals surface area contributed by atoms with Crippen molar-refractivity contribution in [1.82, 2.24) is 14.5 Å². The van der Waals surface area contributed by atoms with Crippen molar-refractivity contribution in [2.24, 2.45) is 15.7 Å². The molecule has 0 saturated carbocycles. The molecule has 1 saturated heterocycles. The maximum absolute atomic E-state index is 5.83. The third-order valence-corrected chi connectivity index (χ3v) is 5.63. The first-order valence-electron chi connectivity index (χ1n) is 9.92. The lowest BCUT2D eigenvalue weighted by Gasteiger charge is -2.29. The van der Waals surface area contributed by atoms with Crippen molar-refractivity contribution in [3.05, 3.63) is 17.6 Å². The lowest BCUT2D eigenvalue weighted by Crippen LogP contribution is -2.37. The summed E-state index contributed by atoms with van der Waals surface area (Å²) in [6, 6.07) is 2.18. The first-order valence-corrected chi connectivity index (χ1v) is 9.92. The molecule has 2 N–H and O–H groups in total. The first kappa shape index (κ1) is 17.6. The summed E-state index contributed by atoms with van der Waals surface area (Å²) in [5.41, 5.74) is 8.95. The van der Waals surface area contributed by atoms with Crippen molar-refractivity contribution >= 4 is 28.5 Å². The van der Waals surface area contributed by atoms with Gasteiger partial charge in [-0.1, -0.05) is 6.92 Å². The highest BCUT2D eigenvalue weighted by Crippen LogP contribution is 2.32. The topological polar surface area (TPSA) is 103 Å². The van der Waals surface area contributed by atoms with Gasteiger partial charge in [-0.05, 0) is 12.5 Å². The molecule has 9 nitrogen and oxygen atoms in total. The van der Waals surface area contributed by atoms with Gasteiger partial charge in [0, 0.05) is 31.0 Å². The smallest absolute Gasteiger partial charge is 0.215 e. The van der Waals surface area contributed by atoms with Crippen LogP contribution in [0.4, 0.5) is 5.82 Å². The fourth-order valence-corrected chi connectivity index (χ4v) is 4.16. The summed E-state index contributed by atoms with van der Waals surface area (Å²) < 4.78 is 13.5. The minimum absolute atomic E-state index is 0.0347. The number of nitrogens with zero attached hydrogens (tertiary/aromatic N) is 6. The fraction of sp³-hybridized carbons (Fsp3) is 0.579. The SMILES string of the molecule is CCC1=NC(N)=NCC1c1nc(N2CCOCC2)c2cc3n(c2n1)CCOC3. The molecule has 0 aliphatic carbocycles. The maximum atomic E-state index is 5.83. The molecule has 9 heteroatoms. The van der Waals surface area contributed by atoms with Gasteiger partial charge in [0.15, 0.2) is 0 Å². The van der Waals surface area contributed by atoms with E-state index in [0.29, 0.717) is 38.9 Å². The third kappa shape index (κ3) is 2.94. The van der Waals surface area contributed by atoms with Crippen molar-refractivity contribution in [2.75, 3.05) is 44.4 Å². The van der Waals surface area contributed by atoms with Gasteiger partial charge in [-0.2, -0.15) is 0 Å². The van der Waals surface area contributed by atoms with E-state index in [-0.39, 0.29) is 5.92 Å². The van der Waals surface area contributed by atoms with Gasteiger partial charge < -0.3 is 24.7 Å². The summed E-state index contributed by atoms with van der Waals surface area (Å²) in [5.74, 6) is 2.06. The number of rotatable bonds is 3. The molecule has 0 radical (unpaired) electrons. The number of anilines is 1. The van der Waals surface area contributed by atoms with E-state index in [1.807, 2.05) is 0 Å². The Kier molecular flexibility index (Phi) is 4.48. The van der Waals surface area contributed by atoms with E-state index in [4.69, 9.17) is 25.2 Å². The van der Waals surface area contributed by atoms with Gasteiger partial charge in [-0.15, -0.1) is 0 Å². The van der Waals surface area contributed by atoms with Gasteiger partial charge in [0.05, 0.1) is 44.3 Å². The molecule has 0 bridgehead atoms. The predicted octanol–water partition coefficient (Wildman–Crippen LogP) is 1.06. The van der Waals surface area contributed by atoms with Gasteiger partial charge in [0.1, 0.15) is 17.3 Å². The molecule has 0 amide bonds. The van der Waals surface area contributed by atoms with Crippen LogP contribution in [0.5, 0.6) is 0 Å². The standard InChI is InChI=1S/C19H25N7O2/c1-2-15-14(10-21-19(20)22-15)16-23-17(25-3-6-27-7-4-25)13-9-12-11-28-8-5-26(12)18(13)24-16/h9,14H,2-8,10-11H2,1H3,(H2,20,21). The summed E-state index contributed by atoms with van der Waals surface area (Å²) in [4.78, 5) is 21.1. The lowest BCUT2D eigenvalue weighted by atomic mass is 9.99. The number of morpholine rings is 1. The van der Waals surface area contributed by atoms with E-state index >= 15 is 0 Å². The van der Waals surface area contributed by atoms with E-state index in [1.54, 1.807) is 0 Å². The van der Waals surface area contributed by atoms with Crippen molar-refractivity contribution in [3.63, 3.8) is 0 Å². The highest BCUT2D eigenvalue weighted by atomic mass is 16.5. The lowest BCUT2D eigenvalue weighted by molar-refractivity contribution is 0.0863. The predicted molar refractivity (Wildman–Crippen MR) is 107 cm³/mol. The number of aromatic nitrogens is 3. The number of fused-ring (bicyclic) bond motifs is 3. The zero-order valence-corrected chi connectivity index (χ0v) is 16.1. The van der Waals surface area contributed by atoms with Crippen molar-refractivity contribution in [2.45, 2.75) is 32.4 Å². The van der Waals surface area contributed by atoms with Gasteiger partial charge in [0.2, 0.25) is 5.96 Å². The molecule has 2 aromatic heterocycles. The summed E-state index contributed by atoms with van der Waals surface area (Å²) >= 11 is 0. The van der Waals surface area contributed by atoms with Crippen LogP contribution in [0.1, 0.15) is 30.8 Å². The summed E-state index contributed by atoms with van der Waals surface area (Å²) in [6.45, 7) is 7.83. The number of guanidine groups is 1. The molecule has 1 fully saturated rings. The Morgan fingerprint density at radius 1 is 1.14 bits per heavy atom. The Bertz CT molecular complexity index is 959. The molecule has 0 aromatic carbocycles. The van der Waals surface area contributed by atoms with Crippen molar-refractivity contribution in [3.8, 4) is 0 Å². The number of hydrogen-bond donors (Lipinski definition) is 1. The number of ether oxygens (including phenoxy) is 2. The molecule has 2 aromatic rings. The van der Waals surface area contributed by atoms with Gasteiger partial charge in [-0.3, -0.25) is 4.99 Å². The Labute approximate surface area is 163 Å². The molecule has 28 heavy (non-hydrogen) atoms. The van der Waals surface area contributed by atoms with E-state index in [2.05, 4.69) is 32.4 Å². The zero-order chi connectivity index (χ0) is 19.1. The molecule has 0 spiro atoms. The van der Waals surface area contributed by atoms with Crippen LogP contribution in [0.15, 0.2) is 16.1 Å². The van der Waals surface area contributed by atoms with Crippen LogP contribution in [-0.4, -0.2) is 65.7 Å². The van der Waals surface area contributed by atoms with Crippen molar-refractivity contribution in [1.29, 1.82) is 0 Å². The first-order chi connectivity index (χ1) is 13.7. The Hall–Kier alpha value is -2.52. The molecule has 3 aliphatic rings. The summed E-state index contributed by atoms with van der Waals surface area (Å²) in [5, 5.41) is 1.08. The second-order valence-corrected chi connectivity index (χ2v) is 7.29. The number of aliphatic imine (C=N–C) groups is 2. The second-order valence-electron chi connectivity index (χ2n) is 7.29.